The van der Waals surface area contributed by atoms with Gasteiger partial charge in [0.1, 0.15) is 6.61 Å². The number of alkyl carbamates (subject to hydrolysis) is 1. The van der Waals surface area contributed by atoms with Crippen LogP contribution in [0.2, 0.25) is 0 Å². The Kier molecular flexibility index (Phi) is 6.79. The van der Waals surface area contributed by atoms with Crippen LogP contribution in [0.5, 0.6) is 0 Å². The molecule has 1 saturated heterocycles. The first-order chi connectivity index (χ1) is 19.6. The summed E-state index contributed by atoms with van der Waals surface area (Å²) in [6.45, 7) is 8.30. The Morgan fingerprint density at radius 1 is 1.00 bits per heavy atom. The number of benzene rings is 3. The van der Waals surface area contributed by atoms with E-state index in [1.54, 1.807) is 6.07 Å². The minimum Gasteiger partial charge on any atom is -0.449 e. The zero-order valence-electron chi connectivity index (χ0n) is 23.6. The van der Waals surface area contributed by atoms with Crippen LogP contribution in [-0.2, 0) is 14.0 Å². The highest BCUT2D eigenvalue weighted by Gasteiger charge is 2.52. The van der Waals surface area contributed by atoms with Crippen molar-refractivity contribution in [3.63, 3.8) is 0 Å². The molecule has 1 aliphatic heterocycles. The van der Waals surface area contributed by atoms with E-state index >= 15 is 0 Å². The van der Waals surface area contributed by atoms with Crippen LogP contribution in [-0.4, -0.2) is 47.5 Å². The Labute approximate surface area is 238 Å². The first-order valence-electron chi connectivity index (χ1n) is 13.8. The van der Waals surface area contributed by atoms with Gasteiger partial charge in [-0.1, -0.05) is 60.7 Å². The van der Waals surface area contributed by atoms with Crippen molar-refractivity contribution in [2.24, 2.45) is 0 Å². The normalized spacial score (nSPS) is 17.4. The SMILES string of the molecule is CC1(C)OB(C(=Cc2ccc3c(=O)[nH]cnc3c2)CNC(=O)OCC2c3ccccc3-c3ccccc32)OC1(C)C. The number of hydrogen-bond acceptors (Lipinski definition) is 6. The summed E-state index contributed by atoms with van der Waals surface area (Å²) < 4.78 is 18.4. The number of H-pyrrole nitrogens is 1. The zero-order valence-corrected chi connectivity index (χ0v) is 23.6. The van der Waals surface area contributed by atoms with E-state index in [9.17, 15) is 9.59 Å². The Morgan fingerprint density at radius 3 is 2.29 bits per heavy atom. The molecule has 8 nitrogen and oxygen atoms in total. The lowest BCUT2D eigenvalue weighted by Gasteiger charge is -2.32. The molecule has 1 aromatic heterocycles. The molecule has 1 aliphatic carbocycles. The van der Waals surface area contributed by atoms with Gasteiger partial charge >= 0.3 is 13.2 Å². The zero-order chi connectivity index (χ0) is 28.8. The van der Waals surface area contributed by atoms with Crippen molar-refractivity contribution in [3.05, 3.63) is 106 Å². The van der Waals surface area contributed by atoms with Gasteiger partial charge in [0.2, 0.25) is 0 Å². The van der Waals surface area contributed by atoms with Crippen LogP contribution < -0.4 is 10.9 Å². The molecule has 9 heteroatoms. The number of carbonyl (C=O) groups excluding carboxylic acids is 1. The van der Waals surface area contributed by atoms with Crippen LogP contribution in [0.4, 0.5) is 4.79 Å². The number of aromatic nitrogens is 2. The van der Waals surface area contributed by atoms with Gasteiger partial charge in [0, 0.05) is 12.5 Å². The quantitative estimate of drug-likeness (QED) is 0.309. The minimum absolute atomic E-state index is 0.0282. The molecule has 0 bridgehead atoms. The van der Waals surface area contributed by atoms with Gasteiger partial charge in [0.15, 0.2) is 0 Å². The molecule has 0 atom stereocenters. The van der Waals surface area contributed by atoms with Gasteiger partial charge in [0.05, 0.1) is 28.4 Å². The molecule has 1 amide bonds. The Morgan fingerprint density at radius 2 is 1.63 bits per heavy atom. The van der Waals surface area contributed by atoms with Gasteiger partial charge < -0.3 is 24.3 Å². The number of fused-ring (bicyclic) bond motifs is 4. The molecule has 0 radical (unpaired) electrons. The molecule has 0 unspecified atom stereocenters. The lowest BCUT2D eigenvalue weighted by atomic mass is 9.77. The van der Waals surface area contributed by atoms with Gasteiger partial charge in [-0.05, 0) is 73.1 Å². The molecule has 4 aromatic rings. The number of nitrogens with one attached hydrogen (secondary N) is 2. The number of nitrogens with zero attached hydrogens (tertiary/aromatic N) is 1. The minimum atomic E-state index is -0.684. The third-order valence-electron chi connectivity index (χ3n) is 8.35. The number of aromatic amines is 1. The summed E-state index contributed by atoms with van der Waals surface area (Å²) in [6.07, 6.45) is 2.75. The lowest BCUT2D eigenvalue weighted by Crippen LogP contribution is -2.41. The second-order valence-corrected chi connectivity index (χ2v) is 11.5. The monoisotopic (exact) mass is 549 g/mol. The molecular weight excluding hydrogens is 517 g/mol. The predicted molar refractivity (Wildman–Crippen MR) is 159 cm³/mol. The summed E-state index contributed by atoms with van der Waals surface area (Å²) in [6, 6.07) is 21.9. The van der Waals surface area contributed by atoms with E-state index in [1.807, 2.05) is 70.2 Å². The van der Waals surface area contributed by atoms with Gasteiger partial charge in [0.25, 0.3) is 5.56 Å². The smallest absolute Gasteiger partial charge is 0.449 e. The number of rotatable bonds is 6. The third kappa shape index (κ3) is 5.07. The molecule has 2 aliphatic rings. The van der Waals surface area contributed by atoms with Crippen molar-refractivity contribution < 1.29 is 18.8 Å². The van der Waals surface area contributed by atoms with E-state index in [4.69, 9.17) is 14.0 Å². The van der Waals surface area contributed by atoms with E-state index in [1.165, 1.54) is 17.5 Å². The van der Waals surface area contributed by atoms with Gasteiger partial charge in [-0.25, -0.2) is 9.78 Å². The Balaban J connectivity index is 1.20. The predicted octanol–water partition coefficient (Wildman–Crippen LogP) is 5.48. The van der Waals surface area contributed by atoms with E-state index in [0.717, 1.165) is 16.7 Å². The highest BCUT2D eigenvalue weighted by Crippen LogP contribution is 2.44. The van der Waals surface area contributed by atoms with Crippen molar-refractivity contribution in [3.8, 4) is 11.1 Å². The van der Waals surface area contributed by atoms with Crippen molar-refractivity contribution in [1.82, 2.24) is 15.3 Å². The molecule has 3 aromatic carbocycles. The fourth-order valence-electron chi connectivity index (χ4n) is 5.41. The largest absolute Gasteiger partial charge is 0.492 e. The number of hydrogen-bond donors (Lipinski definition) is 2. The lowest BCUT2D eigenvalue weighted by molar-refractivity contribution is 0.00578. The van der Waals surface area contributed by atoms with Gasteiger partial charge in [-0.3, -0.25) is 4.79 Å². The topological polar surface area (TPSA) is 103 Å². The maximum absolute atomic E-state index is 13.0. The van der Waals surface area contributed by atoms with Crippen molar-refractivity contribution >= 4 is 30.2 Å². The highest BCUT2D eigenvalue weighted by molar-refractivity contribution is 6.56. The molecule has 1 fully saturated rings. The number of amides is 1. The summed E-state index contributed by atoms with van der Waals surface area (Å²) in [5.74, 6) is -0.0282. The van der Waals surface area contributed by atoms with Crippen LogP contribution >= 0.6 is 0 Å². The van der Waals surface area contributed by atoms with Gasteiger partial charge in [-0.15, -0.1) is 0 Å². The highest BCUT2D eigenvalue weighted by atomic mass is 16.7. The Hall–Kier alpha value is -4.21. The Bertz CT molecular complexity index is 1670. The molecular formula is C32H32BN3O5. The average Bonchev–Trinajstić information content (AvgIpc) is 3.38. The van der Waals surface area contributed by atoms with Crippen molar-refractivity contribution in [1.29, 1.82) is 0 Å². The number of carbonyl (C=O) groups is 1. The molecule has 41 heavy (non-hydrogen) atoms. The van der Waals surface area contributed by atoms with Crippen LogP contribution in [0.25, 0.3) is 28.1 Å². The van der Waals surface area contributed by atoms with E-state index in [0.29, 0.717) is 16.4 Å². The standard InChI is InChI=1S/C32H32BN3O5/c1-31(2)32(3,4)41-33(40-31)21(15-20-13-14-26-28(16-20)35-19-36-29(26)37)17-34-30(38)39-18-27-24-11-7-5-9-22(24)23-10-6-8-12-25(23)27/h5-16,19,27H,17-18H2,1-4H3,(H,34,38)(H,35,36,37). The first kappa shape index (κ1) is 27.0. The summed E-state index contributed by atoms with van der Waals surface area (Å²) in [5, 5.41) is 3.39. The van der Waals surface area contributed by atoms with Crippen molar-refractivity contribution in [2.45, 2.75) is 44.8 Å². The maximum atomic E-state index is 13.0. The molecule has 208 valence electrons. The third-order valence-corrected chi connectivity index (χ3v) is 8.35. The second-order valence-electron chi connectivity index (χ2n) is 11.5. The maximum Gasteiger partial charge on any atom is 0.492 e. The first-order valence-corrected chi connectivity index (χ1v) is 13.8. The van der Waals surface area contributed by atoms with Crippen LogP contribution in [0, 0.1) is 0 Å². The van der Waals surface area contributed by atoms with Crippen molar-refractivity contribution in [2.75, 3.05) is 13.2 Å². The van der Waals surface area contributed by atoms with E-state index in [-0.39, 0.29) is 24.6 Å². The molecule has 2 heterocycles. The van der Waals surface area contributed by atoms with E-state index in [2.05, 4.69) is 39.6 Å². The van der Waals surface area contributed by atoms with Crippen LogP contribution in [0.3, 0.4) is 0 Å². The van der Waals surface area contributed by atoms with Crippen LogP contribution in [0.15, 0.2) is 83.3 Å². The summed E-state index contributed by atoms with van der Waals surface area (Å²) in [5.41, 5.74) is 5.43. The number of ether oxygens (including phenoxy) is 1. The summed E-state index contributed by atoms with van der Waals surface area (Å²) in [7, 11) is -0.684. The molecule has 2 N–H and O–H groups in total. The van der Waals surface area contributed by atoms with E-state index < -0.39 is 24.4 Å². The molecule has 0 saturated carbocycles. The fourth-order valence-corrected chi connectivity index (χ4v) is 5.41. The summed E-state index contributed by atoms with van der Waals surface area (Å²) in [4.78, 5) is 32.0. The summed E-state index contributed by atoms with van der Waals surface area (Å²) >= 11 is 0. The molecule has 0 spiro atoms. The van der Waals surface area contributed by atoms with Gasteiger partial charge in [-0.2, -0.15) is 0 Å². The fraction of sp³-hybridized carbons (Fsp3) is 0.281. The molecule has 6 rings (SSSR count). The average molecular weight is 549 g/mol. The second kappa shape index (κ2) is 10.3. The van der Waals surface area contributed by atoms with Crippen LogP contribution in [0.1, 0.15) is 50.3 Å².